The quantitative estimate of drug-likeness (QED) is 0.500. The number of carbonyl (C=O) groups is 1. The molecule has 0 unspecified atom stereocenters. The number of benzene rings is 2. The summed E-state index contributed by atoms with van der Waals surface area (Å²) in [7, 11) is 1.65. The molecule has 0 saturated carbocycles. The molecule has 2 aromatic carbocycles. The first kappa shape index (κ1) is 20.5. The van der Waals surface area contributed by atoms with Gasteiger partial charge in [0.2, 0.25) is 0 Å². The highest BCUT2D eigenvalue weighted by molar-refractivity contribution is 6.24. The molecule has 1 atom stereocenters. The third-order valence-electron chi connectivity index (χ3n) is 4.69. The summed E-state index contributed by atoms with van der Waals surface area (Å²) in [4.78, 5) is 13.3. The first-order chi connectivity index (χ1) is 14.1. The molecule has 1 heterocycles. The van der Waals surface area contributed by atoms with E-state index in [0.29, 0.717) is 17.3 Å². The van der Waals surface area contributed by atoms with Gasteiger partial charge in [-0.1, -0.05) is 56.3 Å². The molecule has 0 aliphatic rings. The molecule has 29 heavy (non-hydrogen) atoms. The summed E-state index contributed by atoms with van der Waals surface area (Å²) in [6, 6.07) is 21.0. The van der Waals surface area contributed by atoms with Crippen LogP contribution in [0.5, 0.6) is 5.75 Å². The zero-order valence-corrected chi connectivity index (χ0v) is 17.1. The Morgan fingerprint density at radius 1 is 1.03 bits per heavy atom. The van der Waals surface area contributed by atoms with Crippen molar-refractivity contribution < 1.29 is 13.9 Å². The summed E-state index contributed by atoms with van der Waals surface area (Å²) in [5, 5.41) is 3.22. The van der Waals surface area contributed by atoms with Crippen molar-refractivity contribution in [2.75, 3.05) is 7.11 Å². The van der Waals surface area contributed by atoms with Gasteiger partial charge in [0.15, 0.2) is 0 Å². The Kier molecular flexibility index (Phi) is 6.90. The fourth-order valence-corrected chi connectivity index (χ4v) is 3.24. The van der Waals surface area contributed by atoms with Gasteiger partial charge in [0.25, 0.3) is 5.91 Å². The van der Waals surface area contributed by atoms with Gasteiger partial charge in [0.05, 0.1) is 25.0 Å². The standard InChI is InChI=1S/C25H27NO3/c1-18(2)16-24(20-11-13-21(28-3)14-12-20)26-25(27)23(17-22-10-7-15-29-22)19-8-5-4-6-9-19/h4-15,17-18,24H,16H2,1-3H3,(H,26,27)/b23-17+/t24-/m1/s1. The van der Waals surface area contributed by atoms with Crippen molar-refractivity contribution >= 4 is 17.6 Å². The Balaban J connectivity index is 1.90. The highest BCUT2D eigenvalue weighted by atomic mass is 16.5. The van der Waals surface area contributed by atoms with Gasteiger partial charge in [-0.3, -0.25) is 4.79 Å². The van der Waals surface area contributed by atoms with E-state index in [1.807, 2.05) is 66.7 Å². The minimum Gasteiger partial charge on any atom is -0.497 e. The van der Waals surface area contributed by atoms with Crippen LogP contribution >= 0.6 is 0 Å². The minimum atomic E-state index is -0.130. The number of furan rings is 1. The Bertz CT molecular complexity index is 926. The summed E-state index contributed by atoms with van der Waals surface area (Å²) in [6.45, 7) is 4.30. The van der Waals surface area contributed by atoms with E-state index < -0.39 is 0 Å². The lowest BCUT2D eigenvalue weighted by Gasteiger charge is -2.22. The van der Waals surface area contributed by atoms with Crippen LogP contribution in [-0.4, -0.2) is 13.0 Å². The van der Waals surface area contributed by atoms with Gasteiger partial charge in [0.1, 0.15) is 11.5 Å². The molecule has 0 fully saturated rings. The van der Waals surface area contributed by atoms with Crippen molar-refractivity contribution in [1.29, 1.82) is 0 Å². The topological polar surface area (TPSA) is 51.5 Å². The monoisotopic (exact) mass is 389 g/mol. The van der Waals surface area contributed by atoms with E-state index in [1.165, 1.54) is 0 Å². The molecule has 0 aliphatic carbocycles. The van der Waals surface area contributed by atoms with E-state index in [2.05, 4.69) is 19.2 Å². The lowest BCUT2D eigenvalue weighted by Crippen LogP contribution is -2.30. The number of nitrogens with one attached hydrogen (secondary N) is 1. The fraction of sp³-hybridized carbons (Fsp3) is 0.240. The van der Waals surface area contributed by atoms with Gasteiger partial charge in [-0.05, 0) is 53.8 Å². The van der Waals surface area contributed by atoms with Crippen molar-refractivity contribution in [3.05, 3.63) is 89.9 Å². The molecule has 4 nitrogen and oxygen atoms in total. The minimum absolute atomic E-state index is 0.0999. The molecule has 0 radical (unpaired) electrons. The van der Waals surface area contributed by atoms with Gasteiger partial charge >= 0.3 is 0 Å². The summed E-state index contributed by atoms with van der Waals surface area (Å²) < 4.78 is 10.7. The predicted molar refractivity (Wildman–Crippen MR) is 116 cm³/mol. The average Bonchev–Trinajstić information content (AvgIpc) is 3.25. The Hall–Kier alpha value is -3.27. The maximum absolute atomic E-state index is 13.3. The number of hydrogen-bond acceptors (Lipinski definition) is 3. The second-order valence-corrected chi connectivity index (χ2v) is 7.37. The molecule has 1 amide bonds. The summed E-state index contributed by atoms with van der Waals surface area (Å²) in [5.41, 5.74) is 2.47. The lowest BCUT2D eigenvalue weighted by molar-refractivity contribution is -0.116. The van der Waals surface area contributed by atoms with Crippen molar-refractivity contribution in [2.24, 2.45) is 5.92 Å². The lowest BCUT2D eigenvalue weighted by atomic mass is 9.95. The molecular weight excluding hydrogens is 362 g/mol. The van der Waals surface area contributed by atoms with Crippen LogP contribution in [0.15, 0.2) is 77.4 Å². The van der Waals surface area contributed by atoms with Crippen LogP contribution in [0.2, 0.25) is 0 Å². The van der Waals surface area contributed by atoms with E-state index in [1.54, 1.807) is 19.4 Å². The zero-order chi connectivity index (χ0) is 20.6. The van der Waals surface area contributed by atoms with Crippen LogP contribution < -0.4 is 10.1 Å². The molecule has 1 N–H and O–H groups in total. The van der Waals surface area contributed by atoms with E-state index in [9.17, 15) is 4.79 Å². The number of amides is 1. The predicted octanol–water partition coefficient (Wildman–Crippen LogP) is 5.73. The summed E-state index contributed by atoms with van der Waals surface area (Å²) in [5.74, 6) is 1.74. The number of methoxy groups -OCH3 is 1. The van der Waals surface area contributed by atoms with Crippen molar-refractivity contribution in [3.63, 3.8) is 0 Å². The highest BCUT2D eigenvalue weighted by Crippen LogP contribution is 2.26. The van der Waals surface area contributed by atoms with Crippen LogP contribution in [0, 0.1) is 5.92 Å². The molecule has 1 aromatic heterocycles. The van der Waals surface area contributed by atoms with Crippen LogP contribution in [0.25, 0.3) is 11.6 Å². The third kappa shape index (κ3) is 5.61. The Morgan fingerprint density at radius 3 is 2.34 bits per heavy atom. The first-order valence-electron chi connectivity index (χ1n) is 9.82. The molecule has 0 bridgehead atoms. The number of rotatable bonds is 8. The van der Waals surface area contributed by atoms with Crippen LogP contribution in [0.1, 0.15) is 43.2 Å². The Labute approximate surface area is 172 Å². The Morgan fingerprint density at radius 2 is 1.76 bits per heavy atom. The van der Waals surface area contributed by atoms with Crippen molar-refractivity contribution in [2.45, 2.75) is 26.3 Å². The number of hydrogen-bond donors (Lipinski definition) is 1. The molecule has 0 saturated heterocycles. The smallest absolute Gasteiger partial charge is 0.252 e. The van der Waals surface area contributed by atoms with Crippen LogP contribution in [-0.2, 0) is 4.79 Å². The van der Waals surface area contributed by atoms with Gasteiger partial charge < -0.3 is 14.5 Å². The van der Waals surface area contributed by atoms with E-state index >= 15 is 0 Å². The third-order valence-corrected chi connectivity index (χ3v) is 4.69. The van der Waals surface area contributed by atoms with Crippen LogP contribution in [0.3, 0.4) is 0 Å². The van der Waals surface area contributed by atoms with Gasteiger partial charge in [0, 0.05) is 0 Å². The molecule has 150 valence electrons. The van der Waals surface area contributed by atoms with Crippen molar-refractivity contribution in [1.82, 2.24) is 5.32 Å². The largest absolute Gasteiger partial charge is 0.497 e. The van der Waals surface area contributed by atoms with Crippen LogP contribution in [0.4, 0.5) is 0 Å². The number of ether oxygens (including phenoxy) is 1. The molecule has 0 aliphatic heterocycles. The molecular formula is C25H27NO3. The van der Waals surface area contributed by atoms with E-state index in [0.717, 1.165) is 23.3 Å². The van der Waals surface area contributed by atoms with Crippen molar-refractivity contribution in [3.8, 4) is 5.75 Å². The maximum atomic E-state index is 13.3. The van der Waals surface area contributed by atoms with E-state index in [-0.39, 0.29) is 11.9 Å². The fourth-order valence-electron chi connectivity index (χ4n) is 3.24. The highest BCUT2D eigenvalue weighted by Gasteiger charge is 2.20. The maximum Gasteiger partial charge on any atom is 0.252 e. The van der Waals surface area contributed by atoms with Gasteiger partial charge in [-0.25, -0.2) is 0 Å². The second-order valence-electron chi connectivity index (χ2n) is 7.37. The summed E-state index contributed by atoms with van der Waals surface area (Å²) >= 11 is 0. The molecule has 3 rings (SSSR count). The first-order valence-corrected chi connectivity index (χ1v) is 9.82. The van der Waals surface area contributed by atoms with Gasteiger partial charge in [-0.2, -0.15) is 0 Å². The second kappa shape index (κ2) is 9.78. The molecule has 3 aromatic rings. The SMILES string of the molecule is COc1ccc([C@@H](CC(C)C)NC(=O)/C(=C/c2ccco2)c2ccccc2)cc1. The molecule has 0 spiro atoms. The summed E-state index contributed by atoms with van der Waals surface area (Å²) in [6.07, 6.45) is 4.22. The zero-order valence-electron chi connectivity index (χ0n) is 17.1. The van der Waals surface area contributed by atoms with E-state index in [4.69, 9.17) is 9.15 Å². The molecule has 4 heteroatoms. The number of carbonyl (C=O) groups excluding carboxylic acids is 1. The normalized spacial score (nSPS) is 12.6. The van der Waals surface area contributed by atoms with Gasteiger partial charge in [-0.15, -0.1) is 0 Å². The average molecular weight is 389 g/mol.